The van der Waals surface area contributed by atoms with Crippen LogP contribution in [-0.2, 0) is 9.59 Å². The predicted octanol–water partition coefficient (Wildman–Crippen LogP) is 1.10. The standard InChI is InChI=1S/C15H19NO3/c17-11-5-3-10(4-6-11)16-14(18)12-8-1-2-9(7-8)13(12)15(16)19/h1-2,8-13,17H,3-7H2. The number of allylic oxidation sites excluding steroid dienone is 2. The minimum Gasteiger partial charge on any atom is -0.393 e. The summed E-state index contributed by atoms with van der Waals surface area (Å²) in [5.41, 5.74) is 0. The van der Waals surface area contributed by atoms with Crippen LogP contribution in [0.1, 0.15) is 32.1 Å². The first-order valence-electron chi connectivity index (χ1n) is 7.40. The maximum absolute atomic E-state index is 12.6. The van der Waals surface area contributed by atoms with Crippen molar-refractivity contribution >= 4 is 11.8 Å². The monoisotopic (exact) mass is 261 g/mol. The molecule has 4 heteroatoms. The molecule has 0 aromatic carbocycles. The fourth-order valence-corrected chi connectivity index (χ4v) is 4.60. The van der Waals surface area contributed by atoms with Crippen LogP contribution in [0.2, 0.25) is 0 Å². The second-order valence-corrected chi connectivity index (χ2v) is 6.51. The number of carbonyl (C=O) groups excluding carboxylic acids is 2. The molecule has 0 radical (unpaired) electrons. The number of nitrogens with zero attached hydrogens (tertiary/aromatic N) is 1. The van der Waals surface area contributed by atoms with Gasteiger partial charge in [0.05, 0.1) is 17.9 Å². The molecule has 1 heterocycles. The molecule has 102 valence electrons. The maximum atomic E-state index is 12.6. The van der Waals surface area contributed by atoms with Crippen molar-refractivity contribution in [2.75, 3.05) is 0 Å². The van der Waals surface area contributed by atoms with Crippen molar-refractivity contribution in [1.29, 1.82) is 0 Å². The average Bonchev–Trinajstić information content (AvgIpc) is 3.06. The molecule has 4 nitrogen and oxygen atoms in total. The zero-order valence-electron chi connectivity index (χ0n) is 10.9. The number of imide groups is 1. The molecule has 2 bridgehead atoms. The summed E-state index contributed by atoms with van der Waals surface area (Å²) in [6.07, 6.45) is 7.95. The van der Waals surface area contributed by atoms with Gasteiger partial charge in [-0.1, -0.05) is 12.2 Å². The fraction of sp³-hybridized carbons (Fsp3) is 0.733. The normalized spacial score (nSPS) is 48.2. The number of aliphatic hydroxyl groups excluding tert-OH is 1. The van der Waals surface area contributed by atoms with E-state index in [0.717, 1.165) is 19.3 Å². The molecular weight excluding hydrogens is 242 g/mol. The van der Waals surface area contributed by atoms with Crippen LogP contribution in [0.25, 0.3) is 0 Å². The van der Waals surface area contributed by atoms with E-state index in [-0.39, 0.29) is 35.8 Å². The summed E-state index contributed by atoms with van der Waals surface area (Å²) in [4.78, 5) is 26.7. The van der Waals surface area contributed by atoms with Crippen LogP contribution in [-0.4, -0.2) is 34.0 Å². The summed E-state index contributed by atoms with van der Waals surface area (Å²) in [5.74, 6) is 0.571. The molecule has 4 unspecified atom stereocenters. The molecule has 4 atom stereocenters. The van der Waals surface area contributed by atoms with Gasteiger partial charge >= 0.3 is 0 Å². The van der Waals surface area contributed by atoms with E-state index in [1.807, 2.05) is 0 Å². The Morgan fingerprint density at radius 3 is 2.00 bits per heavy atom. The van der Waals surface area contributed by atoms with Gasteiger partial charge in [-0.05, 0) is 43.9 Å². The number of likely N-dealkylation sites (tertiary alicyclic amines) is 1. The van der Waals surface area contributed by atoms with E-state index in [4.69, 9.17) is 0 Å². The van der Waals surface area contributed by atoms with E-state index < -0.39 is 0 Å². The first-order valence-corrected chi connectivity index (χ1v) is 7.40. The van der Waals surface area contributed by atoms with Crippen molar-refractivity contribution in [3.63, 3.8) is 0 Å². The van der Waals surface area contributed by atoms with Gasteiger partial charge in [0.15, 0.2) is 0 Å². The van der Waals surface area contributed by atoms with Crippen LogP contribution in [0, 0.1) is 23.7 Å². The third-order valence-electron chi connectivity index (χ3n) is 5.54. The van der Waals surface area contributed by atoms with E-state index in [0.29, 0.717) is 24.7 Å². The molecule has 3 aliphatic carbocycles. The van der Waals surface area contributed by atoms with Gasteiger partial charge in [0.1, 0.15) is 0 Å². The Kier molecular flexibility index (Phi) is 2.40. The van der Waals surface area contributed by atoms with Gasteiger partial charge in [0.2, 0.25) is 11.8 Å². The van der Waals surface area contributed by atoms with Crippen LogP contribution in [0.3, 0.4) is 0 Å². The lowest BCUT2D eigenvalue weighted by molar-refractivity contribution is -0.144. The van der Waals surface area contributed by atoms with E-state index in [9.17, 15) is 14.7 Å². The minimum atomic E-state index is -0.249. The number of hydrogen-bond donors (Lipinski definition) is 1. The van der Waals surface area contributed by atoms with Gasteiger partial charge in [0, 0.05) is 6.04 Å². The average molecular weight is 261 g/mol. The first-order chi connectivity index (χ1) is 9.16. The Bertz CT molecular complexity index is 434. The summed E-state index contributed by atoms with van der Waals surface area (Å²) in [5, 5.41) is 9.56. The maximum Gasteiger partial charge on any atom is 0.233 e. The molecule has 3 fully saturated rings. The van der Waals surface area contributed by atoms with Crippen LogP contribution in [0.15, 0.2) is 12.2 Å². The highest BCUT2D eigenvalue weighted by atomic mass is 16.3. The van der Waals surface area contributed by atoms with Gasteiger partial charge < -0.3 is 5.11 Å². The van der Waals surface area contributed by atoms with Gasteiger partial charge in [-0.3, -0.25) is 14.5 Å². The van der Waals surface area contributed by atoms with Crippen LogP contribution < -0.4 is 0 Å². The molecule has 19 heavy (non-hydrogen) atoms. The van der Waals surface area contributed by atoms with E-state index >= 15 is 0 Å². The number of aliphatic hydroxyl groups is 1. The second kappa shape index (κ2) is 3.92. The van der Waals surface area contributed by atoms with Crippen LogP contribution in [0.4, 0.5) is 0 Å². The Hall–Kier alpha value is -1.16. The fourth-order valence-electron chi connectivity index (χ4n) is 4.60. The third kappa shape index (κ3) is 1.49. The lowest BCUT2D eigenvalue weighted by atomic mass is 9.85. The summed E-state index contributed by atoms with van der Waals surface area (Å²) in [6, 6.07) is 0.0356. The van der Waals surface area contributed by atoms with Gasteiger partial charge in [-0.25, -0.2) is 0 Å². The Morgan fingerprint density at radius 2 is 1.47 bits per heavy atom. The highest BCUT2D eigenvalue weighted by Gasteiger charge is 2.60. The largest absolute Gasteiger partial charge is 0.393 e. The number of fused-ring (bicyclic) bond motifs is 5. The molecule has 1 N–H and O–H groups in total. The topological polar surface area (TPSA) is 57.6 Å². The van der Waals surface area contributed by atoms with Gasteiger partial charge in [0.25, 0.3) is 0 Å². The van der Waals surface area contributed by atoms with Crippen molar-refractivity contribution in [1.82, 2.24) is 4.90 Å². The number of hydrogen-bond acceptors (Lipinski definition) is 3. The molecule has 2 saturated carbocycles. The summed E-state index contributed by atoms with van der Waals surface area (Å²) in [7, 11) is 0. The summed E-state index contributed by atoms with van der Waals surface area (Å²) in [6.45, 7) is 0. The third-order valence-corrected chi connectivity index (χ3v) is 5.54. The van der Waals surface area contributed by atoms with Crippen molar-refractivity contribution in [2.45, 2.75) is 44.2 Å². The molecule has 0 aromatic heterocycles. The van der Waals surface area contributed by atoms with Crippen molar-refractivity contribution in [3.8, 4) is 0 Å². The number of carbonyl (C=O) groups is 2. The SMILES string of the molecule is O=C1C2C3C=CC(C3)C2C(=O)N1C1CCC(O)CC1. The van der Waals surface area contributed by atoms with E-state index in [1.165, 1.54) is 0 Å². The summed E-state index contributed by atoms with van der Waals surface area (Å²) < 4.78 is 0. The van der Waals surface area contributed by atoms with Crippen molar-refractivity contribution in [2.24, 2.45) is 23.7 Å². The Balaban J connectivity index is 1.59. The summed E-state index contributed by atoms with van der Waals surface area (Å²) >= 11 is 0. The van der Waals surface area contributed by atoms with Crippen molar-refractivity contribution in [3.05, 3.63) is 12.2 Å². The zero-order valence-corrected chi connectivity index (χ0v) is 10.9. The highest BCUT2D eigenvalue weighted by molar-refractivity contribution is 6.06. The molecule has 4 aliphatic rings. The van der Waals surface area contributed by atoms with E-state index in [1.54, 1.807) is 4.90 Å². The molecule has 4 rings (SSSR count). The zero-order chi connectivity index (χ0) is 13.1. The van der Waals surface area contributed by atoms with Gasteiger partial charge in [-0.15, -0.1) is 0 Å². The lowest BCUT2D eigenvalue weighted by Crippen LogP contribution is -2.44. The lowest BCUT2D eigenvalue weighted by Gasteiger charge is -2.32. The van der Waals surface area contributed by atoms with Crippen molar-refractivity contribution < 1.29 is 14.7 Å². The minimum absolute atomic E-state index is 0.0356. The molecule has 0 aromatic rings. The molecule has 1 saturated heterocycles. The quantitative estimate of drug-likeness (QED) is 0.568. The smallest absolute Gasteiger partial charge is 0.233 e. The first kappa shape index (κ1) is 11.6. The molecule has 2 amide bonds. The van der Waals surface area contributed by atoms with E-state index in [2.05, 4.69) is 12.2 Å². The molecule has 1 aliphatic heterocycles. The predicted molar refractivity (Wildman–Crippen MR) is 67.8 cm³/mol. The Morgan fingerprint density at radius 1 is 0.947 bits per heavy atom. The van der Waals surface area contributed by atoms with Gasteiger partial charge in [-0.2, -0.15) is 0 Å². The van der Waals surface area contributed by atoms with Crippen LogP contribution in [0.5, 0.6) is 0 Å². The van der Waals surface area contributed by atoms with Crippen LogP contribution >= 0.6 is 0 Å². The Labute approximate surface area is 112 Å². The molecule has 0 spiro atoms. The number of amides is 2. The second-order valence-electron chi connectivity index (χ2n) is 6.51. The highest BCUT2D eigenvalue weighted by Crippen LogP contribution is 2.53. The molecular formula is C15H19NO3. The number of rotatable bonds is 1.